The van der Waals surface area contributed by atoms with Gasteiger partial charge in [0, 0.05) is 25.0 Å². The zero-order chi connectivity index (χ0) is 16.2. The molecule has 2 unspecified atom stereocenters. The van der Waals surface area contributed by atoms with Gasteiger partial charge in [0.25, 0.3) is 0 Å². The van der Waals surface area contributed by atoms with Crippen molar-refractivity contribution in [1.29, 1.82) is 0 Å². The molecule has 4 rings (SSSR count). The van der Waals surface area contributed by atoms with Crippen molar-refractivity contribution in [3.05, 3.63) is 59.8 Å². The van der Waals surface area contributed by atoms with Gasteiger partial charge in [-0.05, 0) is 49.1 Å². The largest absolute Gasteiger partial charge is 0.213 e. The van der Waals surface area contributed by atoms with Crippen LogP contribution >= 0.6 is 0 Å². The third-order valence-corrected chi connectivity index (χ3v) is 6.57. The average molecular weight is 304 g/mol. The van der Waals surface area contributed by atoms with Gasteiger partial charge < -0.3 is 0 Å². The van der Waals surface area contributed by atoms with Crippen LogP contribution in [0.3, 0.4) is 0 Å². The summed E-state index contributed by atoms with van der Waals surface area (Å²) in [5.41, 5.74) is 7.72. The van der Waals surface area contributed by atoms with Crippen LogP contribution in [0.5, 0.6) is 0 Å². The molecule has 2 heterocycles. The van der Waals surface area contributed by atoms with E-state index in [0.717, 1.165) is 0 Å². The highest BCUT2D eigenvalue weighted by Crippen LogP contribution is 2.67. The fraction of sp³-hybridized carbons (Fsp3) is 0.409. The van der Waals surface area contributed by atoms with Crippen LogP contribution in [0.4, 0.5) is 0 Å². The number of rotatable bonds is 3. The lowest BCUT2D eigenvalue weighted by Crippen LogP contribution is -2.54. The molecular formula is C22H26N+. The van der Waals surface area contributed by atoms with E-state index in [1.165, 1.54) is 41.7 Å². The van der Waals surface area contributed by atoms with Gasteiger partial charge in [-0.15, -0.1) is 0 Å². The molecule has 1 fully saturated rings. The summed E-state index contributed by atoms with van der Waals surface area (Å²) in [7, 11) is 0. The second kappa shape index (κ2) is 4.80. The van der Waals surface area contributed by atoms with E-state index in [4.69, 9.17) is 0 Å². The molecule has 1 aliphatic heterocycles. The molecule has 1 heteroatoms. The van der Waals surface area contributed by atoms with Gasteiger partial charge in [0.2, 0.25) is 5.69 Å². The minimum atomic E-state index is 0.294. The predicted octanol–water partition coefficient (Wildman–Crippen LogP) is 5.23. The number of hydrogen-bond acceptors (Lipinski definition) is 0. The Bertz CT molecular complexity index is 816. The fourth-order valence-corrected chi connectivity index (χ4v) is 5.02. The molecule has 0 bridgehead atoms. The van der Waals surface area contributed by atoms with Crippen LogP contribution in [-0.2, 0) is 11.0 Å². The average Bonchev–Trinajstić information content (AvgIpc) is 3.32. The van der Waals surface area contributed by atoms with E-state index in [9.17, 15) is 0 Å². The van der Waals surface area contributed by atoms with Crippen molar-refractivity contribution in [1.82, 2.24) is 0 Å². The van der Waals surface area contributed by atoms with E-state index >= 15 is 0 Å². The van der Waals surface area contributed by atoms with Gasteiger partial charge in [-0.25, -0.2) is 0 Å². The van der Waals surface area contributed by atoms with Gasteiger partial charge >= 0.3 is 0 Å². The Balaban J connectivity index is 2.03. The molecule has 2 atom stereocenters. The van der Waals surface area contributed by atoms with E-state index in [1.54, 1.807) is 5.56 Å². The summed E-state index contributed by atoms with van der Waals surface area (Å²) < 4.78 is 2.58. The van der Waals surface area contributed by atoms with Crippen molar-refractivity contribution < 1.29 is 4.57 Å². The molecule has 23 heavy (non-hydrogen) atoms. The molecular weight excluding hydrogens is 278 g/mol. The first-order valence-electron chi connectivity index (χ1n) is 8.93. The van der Waals surface area contributed by atoms with Crippen LogP contribution in [0, 0.1) is 0 Å². The van der Waals surface area contributed by atoms with Crippen molar-refractivity contribution in [3.63, 3.8) is 0 Å². The number of nitrogens with zero attached hydrogens (tertiary/aromatic N) is 1. The molecule has 0 N–H and O–H groups in total. The van der Waals surface area contributed by atoms with Crippen molar-refractivity contribution in [2.24, 2.45) is 0 Å². The summed E-state index contributed by atoms with van der Waals surface area (Å²) in [5, 5.41) is 0. The summed E-state index contributed by atoms with van der Waals surface area (Å²) in [6.45, 7) is 9.03. The van der Waals surface area contributed by atoms with Crippen LogP contribution in [0.15, 0.2) is 48.7 Å². The number of hydrogen-bond donors (Lipinski definition) is 0. The quantitative estimate of drug-likeness (QED) is 0.683. The van der Waals surface area contributed by atoms with E-state index < -0.39 is 0 Å². The van der Waals surface area contributed by atoms with E-state index in [1.807, 2.05) is 0 Å². The highest BCUT2D eigenvalue weighted by molar-refractivity contribution is 5.74. The zero-order valence-corrected chi connectivity index (χ0v) is 14.7. The third kappa shape index (κ3) is 1.66. The van der Waals surface area contributed by atoms with Crippen molar-refractivity contribution in [2.75, 3.05) is 0 Å². The predicted molar refractivity (Wildman–Crippen MR) is 96.2 cm³/mol. The van der Waals surface area contributed by atoms with Crippen molar-refractivity contribution in [2.45, 2.75) is 57.9 Å². The maximum absolute atomic E-state index is 2.58. The summed E-state index contributed by atoms with van der Waals surface area (Å²) in [6.07, 6.45) is 8.21. The lowest BCUT2D eigenvalue weighted by molar-refractivity contribution is -0.735. The van der Waals surface area contributed by atoms with Crippen molar-refractivity contribution in [3.8, 4) is 11.3 Å². The monoisotopic (exact) mass is 304 g/mol. The molecule has 1 nitrogen and oxygen atoms in total. The van der Waals surface area contributed by atoms with Gasteiger partial charge in [-0.2, -0.15) is 4.57 Å². The number of fused-ring (bicyclic) bond motifs is 6. The topological polar surface area (TPSA) is 3.88 Å². The maximum Gasteiger partial charge on any atom is 0.213 e. The number of pyridine rings is 1. The molecule has 2 aliphatic rings. The first-order valence-corrected chi connectivity index (χ1v) is 8.93. The van der Waals surface area contributed by atoms with Crippen LogP contribution in [0.2, 0.25) is 0 Å². The molecule has 0 spiro atoms. The molecule has 1 aromatic carbocycles. The Kier molecular flexibility index (Phi) is 3.07. The van der Waals surface area contributed by atoms with Crippen LogP contribution in [0.1, 0.15) is 58.1 Å². The van der Waals surface area contributed by atoms with Crippen LogP contribution in [0.25, 0.3) is 16.8 Å². The van der Waals surface area contributed by atoms with Crippen molar-refractivity contribution >= 4 is 5.57 Å². The maximum atomic E-state index is 2.58. The fourth-order valence-electron chi connectivity index (χ4n) is 5.02. The zero-order valence-electron chi connectivity index (χ0n) is 14.7. The highest BCUT2D eigenvalue weighted by atomic mass is 15.2. The standard InChI is InChI=1S/C22H26N/c1-5-16(4)17-11-12-19-18(14-17)20-10-8-9-13-23(20)22(7-3)15-21(19,22)6-2/h5,8-14H,6-7,15H2,1-4H3/q+1/b16-5+. The van der Waals surface area contributed by atoms with E-state index in [2.05, 4.69) is 80.9 Å². The summed E-state index contributed by atoms with van der Waals surface area (Å²) in [6, 6.07) is 13.8. The molecule has 0 radical (unpaired) electrons. The van der Waals surface area contributed by atoms with E-state index in [0.29, 0.717) is 11.0 Å². The Labute approximate surface area is 139 Å². The Morgan fingerprint density at radius 3 is 2.70 bits per heavy atom. The normalized spacial score (nSPS) is 27.9. The summed E-state index contributed by atoms with van der Waals surface area (Å²) in [5.74, 6) is 0. The SMILES string of the molecule is C/C=C(\C)c1ccc2c(c1)-c1cccc[n+]1C1(CC)CC21CC. The lowest BCUT2D eigenvalue weighted by Gasteiger charge is -2.29. The molecule has 118 valence electrons. The molecule has 0 amide bonds. The summed E-state index contributed by atoms with van der Waals surface area (Å²) >= 11 is 0. The first kappa shape index (κ1) is 14.7. The minimum Gasteiger partial charge on any atom is -0.192 e. The molecule has 0 saturated heterocycles. The van der Waals surface area contributed by atoms with Gasteiger partial charge in [0.05, 0.1) is 11.0 Å². The second-order valence-electron chi connectivity index (χ2n) is 7.19. The number of aromatic nitrogens is 1. The second-order valence-corrected chi connectivity index (χ2v) is 7.19. The van der Waals surface area contributed by atoms with Crippen LogP contribution < -0.4 is 4.57 Å². The third-order valence-electron chi connectivity index (χ3n) is 6.57. The van der Waals surface area contributed by atoms with Gasteiger partial charge in [-0.3, -0.25) is 0 Å². The highest BCUT2D eigenvalue weighted by Gasteiger charge is 2.76. The lowest BCUT2D eigenvalue weighted by atomic mass is 9.79. The molecule has 1 saturated carbocycles. The molecule has 1 aromatic heterocycles. The smallest absolute Gasteiger partial charge is 0.192 e. The van der Waals surface area contributed by atoms with E-state index in [-0.39, 0.29) is 0 Å². The molecule has 1 aliphatic carbocycles. The van der Waals surface area contributed by atoms with Gasteiger partial charge in [0.1, 0.15) is 0 Å². The number of allylic oxidation sites excluding steroid dienone is 2. The Morgan fingerprint density at radius 2 is 2.00 bits per heavy atom. The minimum absolute atomic E-state index is 0.294. The Morgan fingerprint density at radius 1 is 1.17 bits per heavy atom. The van der Waals surface area contributed by atoms with Gasteiger partial charge in [-0.1, -0.05) is 32.1 Å². The molecule has 2 aromatic rings. The van der Waals surface area contributed by atoms with Crippen LogP contribution in [-0.4, -0.2) is 0 Å². The summed E-state index contributed by atoms with van der Waals surface area (Å²) in [4.78, 5) is 0. The first-order chi connectivity index (χ1) is 11.1. The Hall–Kier alpha value is -1.89. The van der Waals surface area contributed by atoms with Gasteiger partial charge in [0.15, 0.2) is 11.7 Å². The number of benzene rings is 1.